The summed E-state index contributed by atoms with van der Waals surface area (Å²) in [6.07, 6.45) is 1.56. The Morgan fingerprint density at radius 3 is 2.22 bits per heavy atom. The van der Waals surface area contributed by atoms with Gasteiger partial charge in [-0.05, 0) is 54.3 Å². The van der Waals surface area contributed by atoms with Crippen LogP contribution in [0.25, 0.3) is 0 Å². The average molecular weight is 481 g/mol. The zero-order chi connectivity index (χ0) is 25.1. The van der Waals surface area contributed by atoms with Crippen molar-refractivity contribution >= 4 is 11.6 Å². The third kappa shape index (κ3) is 4.90. The summed E-state index contributed by atoms with van der Waals surface area (Å²) in [4.78, 5) is 23.2. The SMILES string of the molecule is CCc1ccc(N2CN(Cc3ccc(OC)cc3)Cn3c2nc(C)c(Cc2ccccc2)c3=O)cc1. The summed E-state index contributed by atoms with van der Waals surface area (Å²) in [6, 6.07) is 26.8. The molecule has 3 aromatic carbocycles. The highest BCUT2D eigenvalue weighted by Crippen LogP contribution is 2.29. The Balaban J connectivity index is 1.54. The van der Waals surface area contributed by atoms with Crippen LogP contribution in [0.3, 0.4) is 0 Å². The third-order valence-electron chi connectivity index (χ3n) is 6.82. The minimum Gasteiger partial charge on any atom is -0.497 e. The molecule has 0 atom stereocenters. The highest BCUT2D eigenvalue weighted by Gasteiger charge is 2.28. The lowest BCUT2D eigenvalue weighted by molar-refractivity contribution is 0.189. The van der Waals surface area contributed by atoms with Crippen LogP contribution in [0.5, 0.6) is 5.75 Å². The van der Waals surface area contributed by atoms with Crippen LogP contribution in [-0.4, -0.2) is 28.2 Å². The lowest BCUT2D eigenvalue weighted by Crippen LogP contribution is -2.47. The number of methoxy groups -OCH3 is 1. The summed E-state index contributed by atoms with van der Waals surface area (Å²) in [6.45, 7) is 5.94. The van der Waals surface area contributed by atoms with E-state index in [0.717, 1.165) is 40.2 Å². The van der Waals surface area contributed by atoms with Gasteiger partial charge in [-0.25, -0.2) is 4.98 Å². The number of aromatic nitrogens is 2. The van der Waals surface area contributed by atoms with Gasteiger partial charge in [0.1, 0.15) is 5.75 Å². The fraction of sp³-hybridized carbons (Fsp3) is 0.267. The molecule has 184 valence electrons. The van der Waals surface area contributed by atoms with Crippen molar-refractivity contribution in [3.05, 3.63) is 117 Å². The largest absolute Gasteiger partial charge is 0.497 e. The van der Waals surface area contributed by atoms with Gasteiger partial charge in [0.05, 0.1) is 26.1 Å². The zero-order valence-corrected chi connectivity index (χ0v) is 21.1. The first-order valence-electron chi connectivity index (χ1n) is 12.4. The number of benzene rings is 3. The summed E-state index contributed by atoms with van der Waals surface area (Å²) in [5.41, 5.74) is 6.14. The van der Waals surface area contributed by atoms with Crippen molar-refractivity contribution in [2.45, 2.75) is 39.9 Å². The Morgan fingerprint density at radius 2 is 1.56 bits per heavy atom. The molecule has 0 unspecified atom stereocenters. The first-order valence-corrected chi connectivity index (χ1v) is 12.4. The van der Waals surface area contributed by atoms with Gasteiger partial charge in [0.15, 0.2) is 0 Å². The molecule has 36 heavy (non-hydrogen) atoms. The van der Waals surface area contributed by atoms with Crippen LogP contribution in [0, 0.1) is 6.92 Å². The number of hydrogen-bond donors (Lipinski definition) is 0. The van der Waals surface area contributed by atoms with E-state index in [0.29, 0.717) is 32.3 Å². The molecule has 6 heteroatoms. The van der Waals surface area contributed by atoms with E-state index in [-0.39, 0.29) is 5.56 Å². The van der Waals surface area contributed by atoms with E-state index in [1.807, 2.05) is 41.8 Å². The fourth-order valence-corrected chi connectivity index (χ4v) is 4.73. The van der Waals surface area contributed by atoms with Crippen LogP contribution < -0.4 is 15.2 Å². The van der Waals surface area contributed by atoms with Crippen LogP contribution >= 0.6 is 0 Å². The van der Waals surface area contributed by atoms with Gasteiger partial charge in [-0.3, -0.25) is 19.2 Å². The number of nitrogens with zero attached hydrogens (tertiary/aromatic N) is 4. The van der Waals surface area contributed by atoms with Crippen molar-refractivity contribution < 1.29 is 4.74 Å². The molecule has 6 nitrogen and oxygen atoms in total. The number of rotatable bonds is 7. The maximum atomic E-state index is 13.9. The molecule has 0 bridgehead atoms. The van der Waals surface area contributed by atoms with Gasteiger partial charge in [0.25, 0.3) is 5.56 Å². The first kappa shape index (κ1) is 23.8. The van der Waals surface area contributed by atoms with E-state index < -0.39 is 0 Å². The Bertz CT molecular complexity index is 1380. The van der Waals surface area contributed by atoms with E-state index >= 15 is 0 Å². The van der Waals surface area contributed by atoms with Gasteiger partial charge in [0, 0.05) is 24.2 Å². The van der Waals surface area contributed by atoms with Crippen molar-refractivity contribution in [2.75, 3.05) is 18.7 Å². The van der Waals surface area contributed by atoms with Crippen LogP contribution in [0.1, 0.15) is 34.9 Å². The van der Waals surface area contributed by atoms with Crippen LogP contribution in [0.4, 0.5) is 11.6 Å². The lowest BCUT2D eigenvalue weighted by Gasteiger charge is -2.38. The quantitative estimate of drug-likeness (QED) is 0.360. The van der Waals surface area contributed by atoms with Crippen molar-refractivity contribution in [1.82, 2.24) is 14.5 Å². The van der Waals surface area contributed by atoms with Crippen LogP contribution in [0.2, 0.25) is 0 Å². The van der Waals surface area contributed by atoms with Gasteiger partial charge in [0.2, 0.25) is 5.95 Å². The number of fused-ring (bicyclic) bond motifs is 1. The fourth-order valence-electron chi connectivity index (χ4n) is 4.73. The Hall–Kier alpha value is -3.90. The molecular weight excluding hydrogens is 448 g/mol. The second-order valence-corrected chi connectivity index (χ2v) is 9.28. The Labute approximate surface area is 212 Å². The smallest absolute Gasteiger partial charge is 0.259 e. The predicted molar refractivity (Wildman–Crippen MR) is 144 cm³/mol. The maximum Gasteiger partial charge on any atom is 0.259 e. The second-order valence-electron chi connectivity index (χ2n) is 9.28. The molecule has 5 rings (SSSR count). The molecule has 1 aromatic heterocycles. The summed E-state index contributed by atoms with van der Waals surface area (Å²) in [7, 11) is 1.67. The normalized spacial score (nSPS) is 13.5. The molecule has 0 N–H and O–H groups in total. The van der Waals surface area contributed by atoms with Gasteiger partial charge >= 0.3 is 0 Å². The number of ether oxygens (including phenoxy) is 1. The van der Waals surface area contributed by atoms with E-state index in [1.165, 1.54) is 5.56 Å². The summed E-state index contributed by atoms with van der Waals surface area (Å²) < 4.78 is 7.14. The van der Waals surface area contributed by atoms with E-state index in [4.69, 9.17) is 9.72 Å². The molecule has 4 aromatic rings. The molecule has 0 saturated carbocycles. The molecule has 0 spiro atoms. The van der Waals surface area contributed by atoms with Crippen molar-refractivity contribution in [3.63, 3.8) is 0 Å². The maximum absolute atomic E-state index is 13.9. The molecule has 0 saturated heterocycles. The minimum absolute atomic E-state index is 0.0240. The molecule has 0 amide bonds. The van der Waals surface area contributed by atoms with Crippen LogP contribution in [0.15, 0.2) is 83.7 Å². The lowest BCUT2D eigenvalue weighted by atomic mass is 10.1. The topological polar surface area (TPSA) is 50.6 Å². The summed E-state index contributed by atoms with van der Waals surface area (Å²) in [5, 5.41) is 0. The highest BCUT2D eigenvalue weighted by atomic mass is 16.5. The first-order chi connectivity index (χ1) is 17.6. The Kier molecular flexibility index (Phi) is 6.87. The summed E-state index contributed by atoms with van der Waals surface area (Å²) in [5.74, 6) is 1.53. The van der Waals surface area contributed by atoms with Crippen molar-refractivity contribution in [3.8, 4) is 5.75 Å². The average Bonchev–Trinajstić information content (AvgIpc) is 2.92. The van der Waals surface area contributed by atoms with Crippen molar-refractivity contribution in [2.24, 2.45) is 0 Å². The van der Waals surface area contributed by atoms with Crippen LogP contribution in [-0.2, 0) is 26.1 Å². The molecule has 0 fully saturated rings. The molecule has 2 heterocycles. The van der Waals surface area contributed by atoms with Crippen molar-refractivity contribution in [1.29, 1.82) is 0 Å². The van der Waals surface area contributed by atoms with Gasteiger partial charge in [-0.2, -0.15) is 0 Å². The third-order valence-corrected chi connectivity index (χ3v) is 6.82. The van der Waals surface area contributed by atoms with Gasteiger partial charge < -0.3 is 4.74 Å². The second kappa shape index (κ2) is 10.4. The Morgan fingerprint density at radius 1 is 0.861 bits per heavy atom. The molecule has 1 aliphatic rings. The minimum atomic E-state index is 0.0240. The van der Waals surface area contributed by atoms with E-state index in [2.05, 4.69) is 65.3 Å². The molecule has 0 aliphatic carbocycles. The number of aryl methyl sites for hydroxylation is 2. The molecule has 0 radical (unpaired) electrons. The zero-order valence-electron chi connectivity index (χ0n) is 21.1. The predicted octanol–water partition coefficient (Wildman–Crippen LogP) is 5.28. The summed E-state index contributed by atoms with van der Waals surface area (Å²) >= 11 is 0. The number of hydrogen-bond acceptors (Lipinski definition) is 5. The van der Waals surface area contributed by atoms with E-state index in [1.54, 1.807) is 7.11 Å². The number of anilines is 2. The highest BCUT2D eigenvalue weighted by molar-refractivity contribution is 5.59. The van der Waals surface area contributed by atoms with Gasteiger partial charge in [-0.1, -0.05) is 61.5 Å². The molecular formula is C30H32N4O2. The standard InChI is InChI=1S/C30H32N4O2/c1-4-23-10-14-26(15-11-23)33-20-32(19-25-12-16-27(36-3)17-13-25)21-34-29(35)28(22(2)31-30(33)34)18-24-8-6-5-7-9-24/h5-17H,4,18-21H2,1-3H3. The van der Waals surface area contributed by atoms with E-state index in [9.17, 15) is 4.79 Å². The monoisotopic (exact) mass is 480 g/mol. The van der Waals surface area contributed by atoms with Gasteiger partial charge in [-0.15, -0.1) is 0 Å². The molecule has 1 aliphatic heterocycles.